The van der Waals surface area contributed by atoms with Gasteiger partial charge in [-0.25, -0.2) is 0 Å². The number of halogens is 1. The molecule has 3 heteroatoms. The largest absolute Gasteiger partial charge is 0.316 e. The van der Waals surface area contributed by atoms with Gasteiger partial charge in [0.1, 0.15) is 0 Å². The highest BCUT2D eigenvalue weighted by Crippen LogP contribution is 2.21. The maximum Gasteiger partial charge on any atom is 0.0435 e. The maximum absolute atomic E-state index is 5.98. The fourth-order valence-electron chi connectivity index (χ4n) is 1.61. The number of aryl methyl sites for hydroxylation is 1. The first-order chi connectivity index (χ1) is 7.25. The number of hydrogen-bond donors (Lipinski definition) is 1. The molecule has 1 aromatic carbocycles. The number of nitrogens with one attached hydrogen (secondary N) is 1. The molecule has 0 saturated carbocycles. The summed E-state index contributed by atoms with van der Waals surface area (Å²) in [6.45, 7) is 4.46. The van der Waals surface area contributed by atoms with E-state index in [9.17, 15) is 0 Å². The summed E-state index contributed by atoms with van der Waals surface area (Å²) in [5.41, 5.74) is 2.56. The van der Waals surface area contributed by atoms with Crippen LogP contribution in [0.4, 0.5) is 0 Å². The first-order valence-electron chi connectivity index (χ1n) is 5.29. The zero-order chi connectivity index (χ0) is 10.7. The lowest BCUT2D eigenvalue weighted by Crippen LogP contribution is -2.43. The first kappa shape index (κ1) is 11.3. The van der Waals surface area contributed by atoms with Crippen LogP contribution in [0.2, 0.25) is 5.02 Å². The minimum atomic E-state index is 0.868. The summed E-state index contributed by atoms with van der Waals surface area (Å²) < 4.78 is 0. The summed E-state index contributed by atoms with van der Waals surface area (Å²) in [6.07, 6.45) is 0. The molecule has 0 aliphatic carbocycles. The molecule has 1 fully saturated rings. The first-order valence-corrected chi connectivity index (χ1v) is 6.82. The monoisotopic (exact) mass is 241 g/mol. The van der Waals surface area contributed by atoms with E-state index in [0.29, 0.717) is 0 Å². The summed E-state index contributed by atoms with van der Waals surface area (Å²) in [6, 6.07) is 6.31. The van der Waals surface area contributed by atoms with E-state index < -0.39 is 0 Å². The molecule has 0 amide bonds. The van der Waals surface area contributed by atoms with Gasteiger partial charge in [0.15, 0.2) is 0 Å². The van der Waals surface area contributed by atoms with E-state index in [0.717, 1.165) is 16.7 Å². The van der Waals surface area contributed by atoms with Crippen molar-refractivity contribution in [2.24, 2.45) is 5.92 Å². The van der Waals surface area contributed by atoms with Crippen LogP contribution >= 0.6 is 23.4 Å². The second kappa shape index (κ2) is 5.24. The molecule has 0 atom stereocenters. The molecule has 1 nitrogen and oxygen atoms in total. The molecule has 1 N–H and O–H groups in total. The van der Waals surface area contributed by atoms with E-state index in [-0.39, 0.29) is 0 Å². The molecule has 0 aromatic heterocycles. The van der Waals surface area contributed by atoms with Crippen LogP contribution in [0.25, 0.3) is 0 Å². The Bertz CT molecular complexity index is 336. The van der Waals surface area contributed by atoms with Crippen molar-refractivity contribution >= 4 is 23.4 Å². The average Bonchev–Trinajstić information content (AvgIpc) is 2.15. The topological polar surface area (TPSA) is 12.0 Å². The van der Waals surface area contributed by atoms with Crippen LogP contribution in [-0.4, -0.2) is 18.8 Å². The lowest BCUT2D eigenvalue weighted by atomic mass is 10.1. The van der Waals surface area contributed by atoms with Gasteiger partial charge in [-0.2, -0.15) is 11.8 Å². The van der Waals surface area contributed by atoms with Gasteiger partial charge in [0.25, 0.3) is 0 Å². The van der Waals surface area contributed by atoms with Crippen LogP contribution in [0.1, 0.15) is 11.1 Å². The fraction of sp³-hybridized carbons (Fsp3) is 0.500. The molecule has 1 aliphatic rings. The van der Waals surface area contributed by atoms with E-state index in [4.69, 9.17) is 11.6 Å². The van der Waals surface area contributed by atoms with Crippen molar-refractivity contribution in [3.63, 3.8) is 0 Å². The second-order valence-electron chi connectivity index (χ2n) is 4.12. The molecule has 0 spiro atoms. The van der Waals surface area contributed by atoms with Crippen molar-refractivity contribution in [3.05, 3.63) is 34.3 Å². The minimum Gasteiger partial charge on any atom is -0.316 e. The summed E-state index contributed by atoms with van der Waals surface area (Å²) in [5, 5.41) is 4.16. The average molecular weight is 242 g/mol. The molecule has 82 valence electrons. The van der Waals surface area contributed by atoms with Gasteiger partial charge in [-0.05, 0) is 48.9 Å². The van der Waals surface area contributed by atoms with E-state index in [1.807, 2.05) is 17.8 Å². The van der Waals surface area contributed by atoms with Gasteiger partial charge in [-0.1, -0.05) is 23.7 Å². The zero-order valence-electron chi connectivity index (χ0n) is 8.92. The number of rotatable bonds is 4. The highest BCUT2D eigenvalue weighted by atomic mass is 35.5. The molecule has 2 rings (SSSR count). The second-order valence-corrected chi connectivity index (χ2v) is 5.56. The van der Waals surface area contributed by atoms with Gasteiger partial charge in [-0.15, -0.1) is 0 Å². The summed E-state index contributed by atoms with van der Waals surface area (Å²) in [5.74, 6) is 3.27. The van der Waals surface area contributed by atoms with Gasteiger partial charge in [0, 0.05) is 10.8 Å². The number of benzene rings is 1. The Morgan fingerprint density at radius 3 is 2.87 bits per heavy atom. The van der Waals surface area contributed by atoms with Crippen LogP contribution in [-0.2, 0) is 5.75 Å². The zero-order valence-corrected chi connectivity index (χ0v) is 10.5. The Kier molecular flexibility index (Phi) is 3.95. The lowest BCUT2D eigenvalue weighted by molar-refractivity contribution is 0.385. The molecule has 1 heterocycles. The Morgan fingerprint density at radius 2 is 2.27 bits per heavy atom. The van der Waals surface area contributed by atoms with E-state index >= 15 is 0 Å². The molecular formula is C12H16ClNS. The van der Waals surface area contributed by atoms with Crippen molar-refractivity contribution in [1.29, 1.82) is 0 Å². The highest BCUT2D eigenvalue weighted by Gasteiger charge is 2.15. The third-order valence-electron chi connectivity index (χ3n) is 2.71. The van der Waals surface area contributed by atoms with Gasteiger partial charge < -0.3 is 5.32 Å². The van der Waals surface area contributed by atoms with Gasteiger partial charge in [-0.3, -0.25) is 0 Å². The quantitative estimate of drug-likeness (QED) is 0.870. The number of hydrogen-bond acceptors (Lipinski definition) is 2. The van der Waals surface area contributed by atoms with Gasteiger partial charge in [0.2, 0.25) is 0 Å². The smallest absolute Gasteiger partial charge is 0.0435 e. The standard InChI is InChI=1S/C12H16ClNS/c1-9-4-10(2-3-12(9)13)7-15-8-11-5-14-6-11/h2-4,11,14H,5-8H2,1H3. The SMILES string of the molecule is Cc1cc(CSCC2CNC2)ccc1Cl. The predicted molar refractivity (Wildman–Crippen MR) is 68.7 cm³/mol. The third-order valence-corrected chi connectivity index (χ3v) is 4.38. The van der Waals surface area contributed by atoms with E-state index in [2.05, 4.69) is 24.4 Å². The van der Waals surface area contributed by atoms with E-state index in [1.165, 1.54) is 30.0 Å². The van der Waals surface area contributed by atoms with Crippen LogP contribution in [0.5, 0.6) is 0 Å². The molecule has 15 heavy (non-hydrogen) atoms. The van der Waals surface area contributed by atoms with Crippen LogP contribution < -0.4 is 5.32 Å². The van der Waals surface area contributed by atoms with Crippen LogP contribution in [0.3, 0.4) is 0 Å². The van der Waals surface area contributed by atoms with Crippen molar-refractivity contribution in [1.82, 2.24) is 5.32 Å². The van der Waals surface area contributed by atoms with Gasteiger partial charge >= 0.3 is 0 Å². The van der Waals surface area contributed by atoms with Crippen LogP contribution in [0, 0.1) is 12.8 Å². The summed E-state index contributed by atoms with van der Waals surface area (Å²) in [4.78, 5) is 0. The Morgan fingerprint density at radius 1 is 1.47 bits per heavy atom. The molecule has 0 bridgehead atoms. The Balaban J connectivity index is 1.79. The Labute approximate surface area is 101 Å². The molecular weight excluding hydrogens is 226 g/mol. The minimum absolute atomic E-state index is 0.868. The highest BCUT2D eigenvalue weighted by molar-refractivity contribution is 7.98. The van der Waals surface area contributed by atoms with Crippen molar-refractivity contribution in [3.8, 4) is 0 Å². The number of thioether (sulfide) groups is 1. The Hall–Kier alpha value is -0.180. The molecule has 1 saturated heterocycles. The van der Waals surface area contributed by atoms with Crippen LogP contribution in [0.15, 0.2) is 18.2 Å². The molecule has 0 radical (unpaired) electrons. The normalized spacial score (nSPS) is 16.4. The fourth-order valence-corrected chi connectivity index (χ4v) is 2.83. The van der Waals surface area contributed by atoms with Crippen molar-refractivity contribution < 1.29 is 0 Å². The van der Waals surface area contributed by atoms with E-state index in [1.54, 1.807) is 0 Å². The third kappa shape index (κ3) is 3.13. The molecule has 1 aliphatic heterocycles. The van der Waals surface area contributed by atoms with Crippen molar-refractivity contribution in [2.45, 2.75) is 12.7 Å². The van der Waals surface area contributed by atoms with Crippen molar-refractivity contribution in [2.75, 3.05) is 18.8 Å². The molecule has 0 unspecified atom stereocenters. The molecule has 1 aromatic rings. The predicted octanol–water partition coefficient (Wildman–Crippen LogP) is 3.10. The summed E-state index contributed by atoms with van der Waals surface area (Å²) in [7, 11) is 0. The lowest BCUT2D eigenvalue weighted by Gasteiger charge is -2.26. The maximum atomic E-state index is 5.98. The van der Waals surface area contributed by atoms with Gasteiger partial charge in [0.05, 0.1) is 0 Å². The summed E-state index contributed by atoms with van der Waals surface area (Å²) >= 11 is 8.00.